The van der Waals surface area contributed by atoms with Gasteiger partial charge >= 0.3 is 7.48 Å². The second-order valence-corrected chi connectivity index (χ2v) is 6.78. The van der Waals surface area contributed by atoms with Gasteiger partial charge in [0, 0.05) is 18.3 Å². The van der Waals surface area contributed by atoms with E-state index >= 15 is 0 Å². The first-order chi connectivity index (χ1) is 11.5. The van der Waals surface area contributed by atoms with Crippen molar-refractivity contribution in [2.75, 3.05) is 12.0 Å². The van der Waals surface area contributed by atoms with E-state index in [2.05, 4.69) is 20.6 Å². The van der Waals surface area contributed by atoms with Gasteiger partial charge in [0.1, 0.15) is 11.7 Å². The average Bonchev–Trinajstić information content (AvgIpc) is 2.57. The Balaban J connectivity index is 2.72. The molecule has 0 saturated heterocycles. The number of nitrogens with one attached hydrogen (secondary N) is 2. The summed E-state index contributed by atoms with van der Waals surface area (Å²) in [5, 5.41) is 14.7. The van der Waals surface area contributed by atoms with Crippen molar-refractivity contribution in [3.63, 3.8) is 0 Å². The van der Waals surface area contributed by atoms with Gasteiger partial charge in [-0.25, -0.2) is 4.98 Å². The molecule has 1 heterocycles. The zero-order valence-corrected chi connectivity index (χ0v) is 15.0. The first-order valence-corrected chi connectivity index (χ1v) is 9.21. The number of hydrogen-bond donors (Lipinski definition) is 3. The van der Waals surface area contributed by atoms with Crippen LogP contribution < -0.4 is 10.6 Å². The van der Waals surface area contributed by atoms with E-state index in [0.29, 0.717) is 18.8 Å². The number of amides is 2. The third-order valence-electron chi connectivity index (χ3n) is 3.26. The Kier molecular flexibility index (Phi) is 9.40. The SMILES string of the molecule is CSCCC(NC(=O)c1cnccn1)C(=O)NC([B]O)CC(C)C. The van der Waals surface area contributed by atoms with E-state index in [1.54, 1.807) is 11.8 Å². The normalized spacial score (nSPS) is 13.2. The number of thioether (sulfide) groups is 1. The van der Waals surface area contributed by atoms with Crippen LogP contribution in [0, 0.1) is 5.92 Å². The van der Waals surface area contributed by atoms with Crippen LogP contribution in [0.2, 0.25) is 0 Å². The van der Waals surface area contributed by atoms with Crippen LogP contribution in [-0.4, -0.2) is 58.3 Å². The fourth-order valence-electron chi connectivity index (χ4n) is 2.10. The quantitative estimate of drug-likeness (QED) is 0.528. The van der Waals surface area contributed by atoms with Crippen molar-refractivity contribution in [2.45, 2.75) is 38.7 Å². The van der Waals surface area contributed by atoms with E-state index in [0.717, 1.165) is 13.2 Å². The van der Waals surface area contributed by atoms with Crippen LogP contribution >= 0.6 is 11.8 Å². The number of rotatable bonds is 10. The van der Waals surface area contributed by atoms with Crippen molar-refractivity contribution in [1.82, 2.24) is 20.6 Å². The van der Waals surface area contributed by atoms with E-state index in [1.807, 2.05) is 20.1 Å². The first kappa shape index (κ1) is 20.4. The summed E-state index contributed by atoms with van der Waals surface area (Å²) in [5.74, 6) is -0.175. The molecule has 3 N–H and O–H groups in total. The van der Waals surface area contributed by atoms with Gasteiger partial charge in [0.2, 0.25) is 5.91 Å². The van der Waals surface area contributed by atoms with Gasteiger partial charge in [-0.1, -0.05) is 13.8 Å². The van der Waals surface area contributed by atoms with Gasteiger partial charge in [-0.15, -0.1) is 0 Å². The lowest BCUT2D eigenvalue weighted by atomic mass is 9.82. The Morgan fingerprint density at radius 2 is 2.08 bits per heavy atom. The van der Waals surface area contributed by atoms with Gasteiger partial charge < -0.3 is 15.7 Å². The molecule has 131 valence electrons. The minimum atomic E-state index is -0.693. The molecule has 0 spiro atoms. The highest BCUT2D eigenvalue weighted by molar-refractivity contribution is 7.98. The lowest BCUT2D eigenvalue weighted by molar-refractivity contribution is -0.123. The molecule has 24 heavy (non-hydrogen) atoms. The summed E-state index contributed by atoms with van der Waals surface area (Å²) in [7, 11) is 0.980. The van der Waals surface area contributed by atoms with E-state index in [9.17, 15) is 14.6 Å². The van der Waals surface area contributed by atoms with Gasteiger partial charge in [-0.3, -0.25) is 14.6 Å². The van der Waals surface area contributed by atoms with Crippen LogP contribution in [0.5, 0.6) is 0 Å². The molecule has 1 aromatic heterocycles. The van der Waals surface area contributed by atoms with Gasteiger partial charge in [-0.2, -0.15) is 11.8 Å². The van der Waals surface area contributed by atoms with Gasteiger partial charge in [0.25, 0.3) is 5.91 Å². The van der Waals surface area contributed by atoms with Crippen LogP contribution in [0.25, 0.3) is 0 Å². The molecule has 1 radical (unpaired) electrons. The lowest BCUT2D eigenvalue weighted by Gasteiger charge is -2.22. The highest BCUT2D eigenvalue weighted by atomic mass is 32.2. The summed E-state index contributed by atoms with van der Waals surface area (Å²) in [5.41, 5.74) is 0.159. The number of carbonyl (C=O) groups is 2. The fourth-order valence-corrected chi connectivity index (χ4v) is 2.57. The van der Waals surface area contributed by atoms with Crippen molar-refractivity contribution in [1.29, 1.82) is 0 Å². The number of hydrogen-bond acceptors (Lipinski definition) is 6. The molecule has 2 atom stereocenters. The zero-order chi connectivity index (χ0) is 17.9. The van der Waals surface area contributed by atoms with Crippen LogP contribution in [0.15, 0.2) is 18.6 Å². The summed E-state index contributed by atoms with van der Waals surface area (Å²) in [6.45, 7) is 4.01. The maximum absolute atomic E-state index is 12.5. The molecule has 0 bridgehead atoms. The molecule has 0 aliphatic heterocycles. The van der Waals surface area contributed by atoms with E-state index < -0.39 is 17.9 Å². The molecular formula is C15H24BN4O3S. The van der Waals surface area contributed by atoms with Gasteiger partial charge in [0.15, 0.2) is 0 Å². The topological polar surface area (TPSA) is 104 Å². The average molecular weight is 351 g/mol. The summed E-state index contributed by atoms with van der Waals surface area (Å²) < 4.78 is 0. The molecule has 0 fully saturated rings. The third-order valence-corrected chi connectivity index (χ3v) is 3.91. The second-order valence-electron chi connectivity index (χ2n) is 5.79. The predicted molar refractivity (Wildman–Crippen MR) is 95.6 cm³/mol. The monoisotopic (exact) mass is 351 g/mol. The van der Waals surface area contributed by atoms with E-state index in [4.69, 9.17) is 0 Å². The standard InChI is InChI=1S/C15H24BN4O3S/c1-10(2)8-13(16-23)20-14(21)11(4-7-24-3)19-15(22)12-9-17-5-6-18-12/h5-6,9-11,13,23H,4,7-8H2,1-3H3,(H,19,22)(H,20,21). The largest absolute Gasteiger partial charge is 0.452 e. The van der Waals surface area contributed by atoms with E-state index in [-0.39, 0.29) is 11.6 Å². The van der Waals surface area contributed by atoms with Crippen LogP contribution in [-0.2, 0) is 4.79 Å². The van der Waals surface area contributed by atoms with Crippen molar-refractivity contribution in [2.24, 2.45) is 5.92 Å². The zero-order valence-electron chi connectivity index (χ0n) is 14.2. The molecular weight excluding hydrogens is 327 g/mol. The molecule has 2 amide bonds. The molecule has 7 nitrogen and oxygen atoms in total. The minimum Gasteiger partial charge on any atom is -0.452 e. The first-order valence-electron chi connectivity index (χ1n) is 7.81. The molecule has 9 heteroatoms. The molecule has 0 saturated carbocycles. The summed E-state index contributed by atoms with van der Waals surface area (Å²) in [6.07, 6.45) is 7.28. The van der Waals surface area contributed by atoms with Crippen LogP contribution in [0.4, 0.5) is 0 Å². The highest BCUT2D eigenvalue weighted by Crippen LogP contribution is 2.06. The molecule has 1 aromatic rings. The molecule has 2 unspecified atom stereocenters. The number of aromatic nitrogens is 2. The van der Waals surface area contributed by atoms with E-state index in [1.165, 1.54) is 18.6 Å². The second kappa shape index (κ2) is 11.0. The third kappa shape index (κ3) is 7.31. The number of carbonyl (C=O) groups excluding carboxylic acids is 2. The molecule has 0 aliphatic carbocycles. The van der Waals surface area contributed by atoms with Gasteiger partial charge in [0.05, 0.1) is 6.20 Å². The molecule has 0 aromatic carbocycles. The maximum Gasteiger partial charge on any atom is 0.311 e. The predicted octanol–water partition coefficient (Wildman–Crippen LogP) is 0.428. The van der Waals surface area contributed by atoms with Gasteiger partial charge in [-0.05, 0) is 30.8 Å². The van der Waals surface area contributed by atoms with Crippen molar-refractivity contribution < 1.29 is 14.6 Å². The highest BCUT2D eigenvalue weighted by Gasteiger charge is 2.24. The minimum absolute atomic E-state index is 0.159. The Morgan fingerprint density at radius 3 is 2.62 bits per heavy atom. The van der Waals surface area contributed by atoms with Crippen LogP contribution in [0.1, 0.15) is 37.2 Å². The Labute approximate surface area is 147 Å². The van der Waals surface area contributed by atoms with Crippen LogP contribution in [0.3, 0.4) is 0 Å². The molecule has 1 rings (SSSR count). The Bertz CT molecular complexity index is 519. The summed E-state index contributed by atoms with van der Waals surface area (Å²) >= 11 is 1.59. The number of nitrogens with zero attached hydrogens (tertiary/aromatic N) is 2. The maximum atomic E-state index is 12.5. The summed E-state index contributed by atoms with van der Waals surface area (Å²) in [4.78, 5) is 32.4. The smallest absolute Gasteiger partial charge is 0.311 e. The Morgan fingerprint density at radius 1 is 1.33 bits per heavy atom. The fraction of sp³-hybridized carbons (Fsp3) is 0.600. The van der Waals surface area contributed by atoms with Crippen molar-refractivity contribution in [3.8, 4) is 0 Å². The van der Waals surface area contributed by atoms with Crippen molar-refractivity contribution in [3.05, 3.63) is 24.3 Å². The van der Waals surface area contributed by atoms with Crippen molar-refractivity contribution >= 4 is 31.1 Å². The lowest BCUT2D eigenvalue weighted by Crippen LogP contribution is -2.51. The Hall–Kier alpha value is -1.61. The molecule has 0 aliphatic rings. The summed E-state index contributed by atoms with van der Waals surface area (Å²) in [6, 6.07) is -0.693.